The zero-order valence-corrected chi connectivity index (χ0v) is 7.54. The maximum absolute atomic E-state index is 5.10. The van der Waals surface area contributed by atoms with Crippen LogP contribution in [0, 0.1) is 0 Å². The van der Waals surface area contributed by atoms with Crippen molar-refractivity contribution in [2.24, 2.45) is 0 Å². The lowest BCUT2D eigenvalue weighted by Crippen LogP contribution is -2.24. The van der Waals surface area contributed by atoms with Crippen LogP contribution in [-0.4, -0.2) is 10.9 Å². The van der Waals surface area contributed by atoms with Gasteiger partial charge in [0.05, 0.1) is 10.8 Å². The number of rotatable bonds is 0. The first-order valence-corrected chi connectivity index (χ1v) is 5.14. The van der Waals surface area contributed by atoms with E-state index in [1.165, 1.54) is 9.77 Å². The Kier molecular flexibility index (Phi) is 1.68. The van der Waals surface area contributed by atoms with Crippen LogP contribution in [0.3, 0.4) is 0 Å². The Morgan fingerprint density at radius 3 is 3.30 bits per heavy atom. The van der Waals surface area contributed by atoms with Gasteiger partial charge in [0.15, 0.2) is 0 Å². The summed E-state index contributed by atoms with van der Waals surface area (Å²) in [6.07, 6.45) is 0. The molecule has 1 aliphatic heterocycles. The third kappa shape index (κ3) is 0.962. The van der Waals surface area contributed by atoms with E-state index in [2.05, 4.69) is 16.8 Å². The number of hydrogen-bond donors (Lipinski definition) is 1. The van der Waals surface area contributed by atoms with Crippen LogP contribution in [0.2, 0.25) is 0 Å². The van der Waals surface area contributed by atoms with E-state index in [9.17, 15) is 0 Å². The van der Waals surface area contributed by atoms with E-state index in [0.29, 0.717) is 0 Å². The summed E-state index contributed by atoms with van der Waals surface area (Å²) in [7, 11) is 0. The monoisotopic (exact) mass is 187 g/mol. The predicted molar refractivity (Wildman–Crippen MR) is 49.9 cm³/mol. The third-order valence-corrected chi connectivity index (χ3v) is 3.77. The smallest absolute Gasteiger partial charge is 0.118 e. The molecule has 10 heavy (non-hydrogen) atoms. The molecule has 1 nitrogen and oxygen atoms in total. The van der Waals surface area contributed by atoms with E-state index in [-0.39, 0.29) is 0 Å². The molecule has 1 aromatic heterocycles. The molecule has 1 aromatic rings. The fraction of sp³-hybridized carbons (Fsp3) is 0.167. The van der Waals surface area contributed by atoms with Crippen molar-refractivity contribution in [1.82, 2.24) is 5.32 Å². The summed E-state index contributed by atoms with van der Waals surface area (Å²) in [6, 6.07) is 2.12. The van der Waals surface area contributed by atoms with Crippen LogP contribution in [0.15, 0.2) is 16.3 Å². The molecule has 0 saturated heterocycles. The molecule has 0 unspecified atom stereocenters. The van der Waals surface area contributed by atoms with Gasteiger partial charge in [-0.1, -0.05) is 12.2 Å². The van der Waals surface area contributed by atoms with Crippen LogP contribution in [0.1, 0.15) is 4.88 Å². The van der Waals surface area contributed by atoms with Gasteiger partial charge in [0.25, 0.3) is 0 Å². The molecule has 1 N–H and O–H groups in total. The highest BCUT2D eigenvalue weighted by molar-refractivity contribution is 7.99. The standard InChI is InChI=1S/C6H5NS3/c8-6-5-4(1-2-9-5)10-3-7-6/h1-2H,3H2,(H,7,8). The Labute approximate surface area is 72.8 Å². The summed E-state index contributed by atoms with van der Waals surface area (Å²) >= 11 is 8.62. The fourth-order valence-electron chi connectivity index (χ4n) is 0.836. The topological polar surface area (TPSA) is 12.0 Å². The lowest BCUT2D eigenvalue weighted by atomic mass is 10.4. The van der Waals surface area contributed by atoms with E-state index >= 15 is 0 Å². The second-order valence-corrected chi connectivity index (χ2v) is 4.25. The zero-order chi connectivity index (χ0) is 6.97. The Morgan fingerprint density at radius 1 is 1.60 bits per heavy atom. The van der Waals surface area contributed by atoms with Gasteiger partial charge in [0, 0.05) is 4.90 Å². The average molecular weight is 187 g/mol. The molecule has 0 aromatic carbocycles. The molecule has 0 atom stereocenters. The summed E-state index contributed by atoms with van der Waals surface area (Å²) in [5.41, 5.74) is 0. The number of nitrogens with one attached hydrogen (secondary N) is 1. The van der Waals surface area contributed by atoms with Crippen LogP contribution in [0.4, 0.5) is 0 Å². The van der Waals surface area contributed by atoms with E-state index < -0.39 is 0 Å². The molecule has 52 valence electrons. The summed E-state index contributed by atoms with van der Waals surface area (Å²) in [4.78, 5) is 3.46. The summed E-state index contributed by atoms with van der Waals surface area (Å²) in [5.74, 6) is 0.919. The molecule has 4 heteroatoms. The van der Waals surface area contributed by atoms with E-state index in [1.807, 2.05) is 11.8 Å². The van der Waals surface area contributed by atoms with Gasteiger partial charge in [0.1, 0.15) is 4.99 Å². The lowest BCUT2D eigenvalue weighted by Gasteiger charge is -2.12. The zero-order valence-electron chi connectivity index (χ0n) is 5.09. The Morgan fingerprint density at radius 2 is 2.50 bits per heavy atom. The minimum absolute atomic E-state index is 0.906. The first-order valence-electron chi connectivity index (χ1n) is 2.86. The minimum atomic E-state index is 0.906. The lowest BCUT2D eigenvalue weighted by molar-refractivity contribution is 1.13. The third-order valence-electron chi connectivity index (χ3n) is 1.30. The summed E-state index contributed by atoms with van der Waals surface area (Å²) < 4.78 is 0. The molecule has 0 amide bonds. The molecule has 1 aliphatic rings. The van der Waals surface area contributed by atoms with E-state index in [0.717, 1.165) is 10.9 Å². The van der Waals surface area contributed by atoms with Crippen LogP contribution < -0.4 is 5.32 Å². The quantitative estimate of drug-likeness (QED) is 0.625. The fourth-order valence-corrected chi connectivity index (χ4v) is 3.20. The SMILES string of the molecule is S=C1NCSc2ccsc21. The Hall–Kier alpha value is -0.0600. The molecule has 0 spiro atoms. The molecule has 0 bridgehead atoms. The second-order valence-electron chi connectivity index (χ2n) is 1.91. The Balaban J connectivity index is 2.50. The summed E-state index contributed by atoms with van der Waals surface area (Å²) in [5, 5.41) is 5.21. The van der Waals surface area contributed by atoms with Crippen molar-refractivity contribution >= 4 is 40.3 Å². The average Bonchev–Trinajstić information content (AvgIpc) is 2.36. The van der Waals surface area contributed by atoms with Crippen molar-refractivity contribution in [3.05, 3.63) is 16.3 Å². The second kappa shape index (κ2) is 2.53. The molecule has 2 rings (SSSR count). The molecular formula is C6H5NS3. The molecule has 0 saturated carbocycles. The van der Waals surface area contributed by atoms with E-state index in [4.69, 9.17) is 12.2 Å². The van der Waals surface area contributed by atoms with Crippen LogP contribution in [0.5, 0.6) is 0 Å². The number of thiocarbonyl (C=S) groups is 1. The van der Waals surface area contributed by atoms with Crippen molar-refractivity contribution < 1.29 is 0 Å². The number of hydrogen-bond acceptors (Lipinski definition) is 3. The van der Waals surface area contributed by atoms with Crippen molar-refractivity contribution in [3.63, 3.8) is 0 Å². The highest BCUT2D eigenvalue weighted by Gasteiger charge is 2.13. The van der Waals surface area contributed by atoms with E-state index in [1.54, 1.807) is 11.3 Å². The van der Waals surface area contributed by atoms with Crippen molar-refractivity contribution in [3.8, 4) is 0 Å². The first kappa shape index (κ1) is 6.64. The summed E-state index contributed by atoms with van der Waals surface area (Å²) in [6.45, 7) is 0. The van der Waals surface area contributed by atoms with Crippen molar-refractivity contribution in [2.75, 3.05) is 5.88 Å². The van der Waals surface area contributed by atoms with Gasteiger partial charge < -0.3 is 5.32 Å². The normalized spacial score (nSPS) is 16.2. The molecule has 0 radical (unpaired) electrons. The van der Waals surface area contributed by atoms with Gasteiger partial charge in [-0.3, -0.25) is 0 Å². The van der Waals surface area contributed by atoms with Crippen LogP contribution >= 0.6 is 35.3 Å². The predicted octanol–water partition coefficient (Wildman–Crippen LogP) is 2.08. The van der Waals surface area contributed by atoms with Gasteiger partial charge >= 0.3 is 0 Å². The minimum Gasteiger partial charge on any atom is -0.366 e. The first-order chi connectivity index (χ1) is 4.88. The number of thiophene rings is 1. The number of fused-ring (bicyclic) bond motifs is 1. The van der Waals surface area contributed by atoms with Crippen LogP contribution in [-0.2, 0) is 0 Å². The maximum Gasteiger partial charge on any atom is 0.118 e. The van der Waals surface area contributed by atoms with Gasteiger partial charge in [-0.25, -0.2) is 0 Å². The van der Waals surface area contributed by atoms with Crippen LogP contribution in [0.25, 0.3) is 0 Å². The van der Waals surface area contributed by atoms with Crippen molar-refractivity contribution in [2.45, 2.75) is 4.90 Å². The largest absolute Gasteiger partial charge is 0.366 e. The molecule has 0 fully saturated rings. The molecule has 0 aliphatic carbocycles. The highest BCUT2D eigenvalue weighted by atomic mass is 32.2. The highest BCUT2D eigenvalue weighted by Crippen LogP contribution is 2.30. The van der Waals surface area contributed by atoms with Gasteiger partial charge in [-0.05, 0) is 11.4 Å². The van der Waals surface area contributed by atoms with Gasteiger partial charge in [0.2, 0.25) is 0 Å². The van der Waals surface area contributed by atoms with Gasteiger partial charge in [-0.15, -0.1) is 23.1 Å². The number of thioether (sulfide) groups is 1. The molecule has 2 heterocycles. The molecular weight excluding hydrogens is 182 g/mol. The Bertz CT molecular complexity index is 266. The van der Waals surface area contributed by atoms with Crippen molar-refractivity contribution in [1.29, 1.82) is 0 Å². The van der Waals surface area contributed by atoms with Gasteiger partial charge in [-0.2, -0.15) is 0 Å². The maximum atomic E-state index is 5.10.